The molecule has 0 spiro atoms. The van der Waals surface area contributed by atoms with Gasteiger partial charge in [0.25, 0.3) is 0 Å². The molecule has 0 rings (SSSR count). The van der Waals surface area contributed by atoms with Crippen LogP contribution in [0.4, 0.5) is 0 Å². The number of hydrogen-bond acceptors (Lipinski definition) is 3. The van der Waals surface area contributed by atoms with E-state index >= 15 is 0 Å². The fraction of sp³-hybridized carbons (Fsp3) is 1.00. The zero-order valence-corrected chi connectivity index (χ0v) is 12.5. The number of thioether (sulfide) groups is 1. The summed E-state index contributed by atoms with van der Waals surface area (Å²) in [7, 11) is 1.75. The second kappa shape index (κ2) is 9.32. The van der Waals surface area contributed by atoms with Crippen LogP contribution in [-0.4, -0.2) is 38.3 Å². The molecule has 0 aliphatic rings. The highest BCUT2D eigenvalue weighted by molar-refractivity contribution is 7.99. The summed E-state index contributed by atoms with van der Waals surface area (Å²) in [5, 5.41) is 3.50. The second-order valence-corrected chi connectivity index (χ2v) is 6.32. The van der Waals surface area contributed by atoms with Crippen molar-refractivity contribution in [2.45, 2.75) is 34.1 Å². The molecule has 1 atom stereocenters. The van der Waals surface area contributed by atoms with Gasteiger partial charge in [0.15, 0.2) is 0 Å². The first-order chi connectivity index (χ1) is 7.56. The van der Waals surface area contributed by atoms with E-state index in [1.165, 1.54) is 17.9 Å². The molecule has 3 heteroatoms. The summed E-state index contributed by atoms with van der Waals surface area (Å²) in [5.74, 6) is 3.22. The quantitative estimate of drug-likeness (QED) is 0.600. The lowest BCUT2D eigenvalue weighted by Gasteiger charge is -2.34. The van der Waals surface area contributed by atoms with Crippen LogP contribution in [0.3, 0.4) is 0 Å². The minimum Gasteiger partial charge on any atom is -0.383 e. The van der Waals surface area contributed by atoms with Crippen molar-refractivity contribution in [3.8, 4) is 0 Å². The number of ether oxygens (including phenoxy) is 1. The van der Waals surface area contributed by atoms with Gasteiger partial charge in [-0.3, -0.25) is 0 Å². The van der Waals surface area contributed by atoms with Crippen LogP contribution in [0.25, 0.3) is 0 Å². The summed E-state index contributed by atoms with van der Waals surface area (Å²) in [5.41, 5.74) is 0.413. The van der Waals surface area contributed by atoms with Crippen molar-refractivity contribution < 1.29 is 4.74 Å². The minimum atomic E-state index is 0.413. The normalized spacial score (nSPS) is 15.4. The molecular formula is C13H29NOS. The molecule has 0 heterocycles. The lowest BCUT2D eigenvalue weighted by atomic mass is 9.77. The lowest BCUT2D eigenvalue weighted by molar-refractivity contribution is 0.173. The zero-order valence-electron chi connectivity index (χ0n) is 11.6. The number of rotatable bonds is 10. The molecule has 2 nitrogen and oxygen atoms in total. The van der Waals surface area contributed by atoms with Gasteiger partial charge in [0, 0.05) is 20.2 Å². The Kier molecular flexibility index (Phi) is 9.47. The molecule has 1 N–H and O–H groups in total. The van der Waals surface area contributed by atoms with Crippen LogP contribution in [0.2, 0.25) is 0 Å². The van der Waals surface area contributed by atoms with Crippen LogP contribution in [-0.2, 0) is 4.74 Å². The van der Waals surface area contributed by atoms with Crippen LogP contribution in [0.1, 0.15) is 34.1 Å². The third kappa shape index (κ3) is 6.77. The van der Waals surface area contributed by atoms with Gasteiger partial charge in [-0.1, -0.05) is 27.7 Å². The highest BCUT2D eigenvalue weighted by Gasteiger charge is 2.27. The first-order valence-corrected chi connectivity index (χ1v) is 7.49. The summed E-state index contributed by atoms with van der Waals surface area (Å²) in [4.78, 5) is 0. The van der Waals surface area contributed by atoms with Crippen molar-refractivity contribution in [2.24, 2.45) is 11.3 Å². The maximum atomic E-state index is 5.05. The Balaban J connectivity index is 3.91. The van der Waals surface area contributed by atoms with E-state index in [0.29, 0.717) is 5.41 Å². The number of hydrogen-bond donors (Lipinski definition) is 1. The van der Waals surface area contributed by atoms with Crippen LogP contribution < -0.4 is 5.32 Å². The van der Waals surface area contributed by atoms with Crippen molar-refractivity contribution in [1.82, 2.24) is 5.32 Å². The summed E-state index contributed by atoms with van der Waals surface area (Å²) in [6.07, 6.45) is 1.29. The molecule has 0 aliphatic carbocycles. The fourth-order valence-electron chi connectivity index (χ4n) is 1.58. The fourth-order valence-corrected chi connectivity index (χ4v) is 2.48. The topological polar surface area (TPSA) is 21.3 Å². The van der Waals surface area contributed by atoms with Gasteiger partial charge >= 0.3 is 0 Å². The lowest BCUT2D eigenvalue weighted by Crippen LogP contribution is -2.37. The summed E-state index contributed by atoms with van der Waals surface area (Å²) in [6, 6.07) is 0. The van der Waals surface area contributed by atoms with Gasteiger partial charge < -0.3 is 10.1 Å². The van der Waals surface area contributed by atoms with Gasteiger partial charge in [-0.05, 0) is 29.3 Å². The number of methoxy groups -OCH3 is 1. The Morgan fingerprint density at radius 3 is 2.56 bits per heavy atom. The molecule has 16 heavy (non-hydrogen) atoms. The first kappa shape index (κ1) is 16.3. The van der Waals surface area contributed by atoms with E-state index in [0.717, 1.165) is 25.6 Å². The summed E-state index contributed by atoms with van der Waals surface area (Å²) >= 11 is 2.04. The Labute approximate surface area is 106 Å². The Bertz CT molecular complexity index is 164. The molecule has 0 saturated heterocycles. The molecule has 0 radical (unpaired) electrons. The molecule has 0 aromatic heterocycles. The van der Waals surface area contributed by atoms with E-state index in [-0.39, 0.29) is 0 Å². The SMILES string of the molecule is CCSCCC(C)(CNCCOC)C(C)C. The van der Waals surface area contributed by atoms with Crippen LogP contribution in [0, 0.1) is 11.3 Å². The monoisotopic (exact) mass is 247 g/mol. The number of nitrogens with one attached hydrogen (secondary N) is 1. The third-order valence-corrected chi connectivity index (χ3v) is 4.33. The van der Waals surface area contributed by atoms with Crippen LogP contribution in [0.5, 0.6) is 0 Å². The van der Waals surface area contributed by atoms with E-state index in [2.05, 4.69) is 33.0 Å². The van der Waals surface area contributed by atoms with E-state index < -0.39 is 0 Å². The van der Waals surface area contributed by atoms with Crippen LogP contribution in [0.15, 0.2) is 0 Å². The molecule has 0 aromatic rings. The first-order valence-electron chi connectivity index (χ1n) is 6.34. The third-order valence-electron chi connectivity index (χ3n) is 3.43. The van der Waals surface area contributed by atoms with Gasteiger partial charge in [-0.25, -0.2) is 0 Å². The molecule has 0 aromatic carbocycles. The maximum Gasteiger partial charge on any atom is 0.0587 e. The van der Waals surface area contributed by atoms with E-state index in [9.17, 15) is 0 Å². The Hall–Kier alpha value is 0.270. The largest absolute Gasteiger partial charge is 0.383 e. The van der Waals surface area contributed by atoms with Crippen molar-refractivity contribution in [1.29, 1.82) is 0 Å². The van der Waals surface area contributed by atoms with Crippen LogP contribution >= 0.6 is 11.8 Å². The van der Waals surface area contributed by atoms with Crippen molar-refractivity contribution in [3.63, 3.8) is 0 Å². The predicted molar refractivity (Wildman–Crippen MR) is 75.3 cm³/mol. The van der Waals surface area contributed by atoms with Gasteiger partial charge in [0.2, 0.25) is 0 Å². The Morgan fingerprint density at radius 2 is 2.06 bits per heavy atom. The second-order valence-electron chi connectivity index (χ2n) is 4.93. The molecule has 1 unspecified atom stereocenters. The van der Waals surface area contributed by atoms with E-state index in [4.69, 9.17) is 4.74 Å². The smallest absolute Gasteiger partial charge is 0.0587 e. The highest BCUT2D eigenvalue weighted by atomic mass is 32.2. The zero-order chi connectivity index (χ0) is 12.4. The predicted octanol–water partition coefficient (Wildman–Crippen LogP) is 3.03. The molecule has 0 amide bonds. The molecule has 0 aliphatic heterocycles. The molecule has 0 fully saturated rings. The van der Waals surface area contributed by atoms with E-state index in [1.807, 2.05) is 11.8 Å². The highest BCUT2D eigenvalue weighted by Crippen LogP contribution is 2.31. The van der Waals surface area contributed by atoms with E-state index in [1.54, 1.807) is 7.11 Å². The van der Waals surface area contributed by atoms with Gasteiger partial charge in [-0.2, -0.15) is 11.8 Å². The summed E-state index contributed by atoms with van der Waals surface area (Å²) in [6.45, 7) is 12.1. The van der Waals surface area contributed by atoms with Gasteiger partial charge in [0.1, 0.15) is 0 Å². The summed E-state index contributed by atoms with van der Waals surface area (Å²) < 4.78 is 5.05. The average molecular weight is 247 g/mol. The molecule has 0 bridgehead atoms. The van der Waals surface area contributed by atoms with Crippen molar-refractivity contribution >= 4 is 11.8 Å². The van der Waals surface area contributed by atoms with Gasteiger partial charge in [0.05, 0.1) is 6.61 Å². The molecule has 0 saturated carbocycles. The molecule has 98 valence electrons. The van der Waals surface area contributed by atoms with Gasteiger partial charge in [-0.15, -0.1) is 0 Å². The maximum absolute atomic E-state index is 5.05. The average Bonchev–Trinajstić information content (AvgIpc) is 2.25. The molecular weight excluding hydrogens is 218 g/mol. The standard InChI is InChI=1S/C13H29NOS/c1-6-16-10-7-13(4,12(2)3)11-14-8-9-15-5/h12,14H,6-11H2,1-5H3. The Morgan fingerprint density at radius 1 is 1.38 bits per heavy atom. The van der Waals surface area contributed by atoms with Crippen molar-refractivity contribution in [3.05, 3.63) is 0 Å². The minimum absolute atomic E-state index is 0.413. The van der Waals surface area contributed by atoms with Crippen molar-refractivity contribution in [2.75, 3.05) is 38.3 Å².